The van der Waals surface area contributed by atoms with Gasteiger partial charge in [-0.3, -0.25) is 19.7 Å². The summed E-state index contributed by atoms with van der Waals surface area (Å²) in [5.74, 6) is -0.690. The monoisotopic (exact) mass is 410 g/mol. The number of hydrogen-bond donors (Lipinski definition) is 1. The van der Waals surface area contributed by atoms with Gasteiger partial charge < -0.3 is 5.73 Å². The highest BCUT2D eigenvalue weighted by Crippen LogP contribution is 2.41. The first-order chi connectivity index (χ1) is 15.2. The molecule has 3 heterocycles. The summed E-state index contributed by atoms with van der Waals surface area (Å²) in [6.45, 7) is 4.00. The van der Waals surface area contributed by atoms with Gasteiger partial charge in [0, 0.05) is 54.1 Å². The number of hydrogen-bond acceptors (Lipinski definition) is 4. The van der Waals surface area contributed by atoms with Crippen LogP contribution in [0.3, 0.4) is 0 Å². The van der Waals surface area contributed by atoms with E-state index in [0.29, 0.717) is 5.56 Å². The summed E-state index contributed by atoms with van der Waals surface area (Å²) in [5.41, 5.74) is 9.95. The minimum atomic E-state index is -0.453. The summed E-state index contributed by atoms with van der Waals surface area (Å²) in [6, 6.07) is 21.3. The van der Waals surface area contributed by atoms with Gasteiger partial charge in [0.25, 0.3) is 0 Å². The molecule has 0 aliphatic heterocycles. The van der Waals surface area contributed by atoms with Crippen molar-refractivity contribution in [1.82, 2.24) is 15.0 Å². The average molecular weight is 411 g/mol. The molecule has 0 aliphatic rings. The molecule has 4 aromatic rings. The Balaban J connectivity index is 0.00000132. The van der Waals surface area contributed by atoms with E-state index in [1.807, 2.05) is 74.8 Å². The number of primary amides is 1. The number of aromatic nitrogens is 3. The molecule has 0 radical (unpaired) electrons. The van der Waals surface area contributed by atoms with Crippen molar-refractivity contribution in [1.29, 1.82) is 0 Å². The highest BCUT2D eigenvalue weighted by atomic mass is 16.1. The van der Waals surface area contributed by atoms with Gasteiger partial charge in [-0.25, -0.2) is 0 Å². The Kier molecular flexibility index (Phi) is 7.60. The third-order valence-electron chi connectivity index (χ3n) is 4.96. The topological polar surface area (TPSA) is 81.8 Å². The Labute approximate surface area is 183 Å². The van der Waals surface area contributed by atoms with Crippen molar-refractivity contribution in [3.63, 3.8) is 0 Å². The van der Waals surface area contributed by atoms with Crippen LogP contribution in [0, 0.1) is 0 Å². The summed E-state index contributed by atoms with van der Waals surface area (Å²) < 4.78 is 0. The molecule has 31 heavy (non-hydrogen) atoms. The van der Waals surface area contributed by atoms with Crippen LogP contribution in [0.2, 0.25) is 0 Å². The van der Waals surface area contributed by atoms with E-state index in [2.05, 4.69) is 27.1 Å². The minimum Gasteiger partial charge on any atom is -0.366 e. The van der Waals surface area contributed by atoms with Gasteiger partial charge in [-0.15, -0.1) is 0 Å². The third-order valence-corrected chi connectivity index (χ3v) is 4.96. The molecule has 0 aliphatic carbocycles. The molecule has 1 amide bonds. The second-order valence-corrected chi connectivity index (χ2v) is 6.77. The van der Waals surface area contributed by atoms with Gasteiger partial charge in [-0.2, -0.15) is 0 Å². The fourth-order valence-corrected chi connectivity index (χ4v) is 3.68. The zero-order valence-corrected chi connectivity index (χ0v) is 17.7. The van der Waals surface area contributed by atoms with Crippen molar-refractivity contribution in [2.24, 2.45) is 5.73 Å². The van der Waals surface area contributed by atoms with E-state index in [1.165, 1.54) is 0 Å². The standard InChI is InChI=1S/C24H20N4O.C2H6/c25-24(29)18-7-3-6-17(14-18)23(21-10-1-2-13-28-21)22(19-8-4-11-26-15-19)20-9-5-12-27-16-20;1-2/h1-16,22-23H,(H2,25,29);1-2H3. The molecule has 1 aromatic carbocycles. The molecule has 0 fully saturated rings. The van der Waals surface area contributed by atoms with Gasteiger partial charge in [0.05, 0.1) is 0 Å². The second kappa shape index (κ2) is 10.8. The summed E-state index contributed by atoms with van der Waals surface area (Å²) in [4.78, 5) is 25.1. The quantitative estimate of drug-likeness (QED) is 0.487. The van der Waals surface area contributed by atoms with Crippen LogP contribution < -0.4 is 5.73 Å². The van der Waals surface area contributed by atoms with E-state index in [9.17, 15) is 4.79 Å². The van der Waals surface area contributed by atoms with Crippen LogP contribution in [-0.4, -0.2) is 20.9 Å². The fraction of sp³-hybridized carbons (Fsp3) is 0.154. The summed E-state index contributed by atoms with van der Waals surface area (Å²) in [5, 5.41) is 0. The van der Waals surface area contributed by atoms with Crippen LogP contribution >= 0.6 is 0 Å². The summed E-state index contributed by atoms with van der Waals surface area (Å²) >= 11 is 0. The van der Waals surface area contributed by atoms with E-state index in [1.54, 1.807) is 24.7 Å². The normalized spacial score (nSPS) is 11.3. The largest absolute Gasteiger partial charge is 0.366 e. The molecule has 2 N–H and O–H groups in total. The molecule has 4 rings (SSSR count). The highest BCUT2D eigenvalue weighted by Gasteiger charge is 2.30. The zero-order valence-electron chi connectivity index (χ0n) is 17.7. The van der Waals surface area contributed by atoms with Gasteiger partial charge in [-0.1, -0.05) is 44.2 Å². The van der Waals surface area contributed by atoms with Crippen molar-refractivity contribution in [2.75, 3.05) is 0 Å². The molecule has 3 aromatic heterocycles. The number of carbonyl (C=O) groups excluding carboxylic acids is 1. The van der Waals surface area contributed by atoms with E-state index < -0.39 is 5.91 Å². The lowest BCUT2D eigenvalue weighted by molar-refractivity contribution is 0.1000. The number of nitrogens with zero attached hydrogens (tertiary/aromatic N) is 3. The van der Waals surface area contributed by atoms with E-state index in [-0.39, 0.29) is 11.8 Å². The zero-order chi connectivity index (χ0) is 22.1. The number of carbonyl (C=O) groups is 1. The van der Waals surface area contributed by atoms with Crippen molar-refractivity contribution in [3.05, 3.63) is 126 Å². The molecular formula is C26H26N4O. The van der Waals surface area contributed by atoms with Crippen LogP contribution in [-0.2, 0) is 0 Å². The van der Waals surface area contributed by atoms with Gasteiger partial charge in [0.15, 0.2) is 0 Å². The number of amides is 1. The van der Waals surface area contributed by atoms with E-state index >= 15 is 0 Å². The van der Waals surface area contributed by atoms with Crippen LogP contribution in [0.25, 0.3) is 0 Å². The lowest BCUT2D eigenvalue weighted by Crippen LogP contribution is -2.17. The van der Waals surface area contributed by atoms with Crippen LogP contribution in [0.1, 0.15) is 58.4 Å². The van der Waals surface area contributed by atoms with Gasteiger partial charge in [-0.05, 0) is 53.1 Å². The molecule has 1 atom stereocenters. The minimum absolute atomic E-state index is 0.0876. The lowest BCUT2D eigenvalue weighted by Gasteiger charge is -2.28. The molecule has 0 saturated heterocycles. The number of rotatable bonds is 6. The Hall–Kier alpha value is -3.86. The maximum Gasteiger partial charge on any atom is 0.248 e. The number of benzene rings is 1. The molecule has 0 spiro atoms. The van der Waals surface area contributed by atoms with Crippen LogP contribution in [0.5, 0.6) is 0 Å². The Morgan fingerprint density at radius 1 is 0.742 bits per heavy atom. The first-order valence-electron chi connectivity index (χ1n) is 10.3. The smallest absolute Gasteiger partial charge is 0.248 e. The Morgan fingerprint density at radius 2 is 1.39 bits per heavy atom. The first kappa shape index (κ1) is 21.8. The predicted molar refractivity (Wildman–Crippen MR) is 123 cm³/mol. The van der Waals surface area contributed by atoms with Gasteiger partial charge in [0.1, 0.15) is 0 Å². The Morgan fingerprint density at radius 3 is 1.90 bits per heavy atom. The Bertz CT molecular complexity index is 1050. The molecule has 5 heteroatoms. The SMILES string of the molecule is CC.NC(=O)c1cccc(C(c2ccccn2)C(c2cccnc2)c2cccnc2)c1. The average Bonchev–Trinajstić information content (AvgIpc) is 2.85. The highest BCUT2D eigenvalue weighted by molar-refractivity contribution is 5.93. The van der Waals surface area contributed by atoms with Gasteiger partial charge >= 0.3 is 0 Å². The van der Waals surface area contributed by atoms with Crippen molar-refractivity contribution >= 4 is 5.91 Å². The van der Waals surface area contributed by atoms with Gasteiger partial charge in [0.2, 0.25) is 5.91 Å². The number of pyridine rings is 3. The summed E-state index contributed by atoms with van der Waals surface area (Å²) in [6.07, 6.45) is 9.03. The first-order valence-corrected chi connectivity index (χ1v) is 10.3. The lowest BCUT2D eigenvalue weighted by atomic mass is 9.76. The molecular weight excluding hydrogens is 384 g/mol. The van der Waals surface area contributed by atoms with Crippen LogP contribution in [0.15, 0.2) is 97.7 Å². The second-order valence-electron chi connectivity index (χ2n) is 6.77. The summed E-state index contributed by atoms with van der Waals surface area (Å²) in [7, 11) is 0. The van der Waals surface area contributed by atoms with Crippen molar-refractivity contribution in [2.45, 2.75) is 25.7 Å². The van der Waals surface area contributed by atoms with Crippen molar-refractivity contribution in [3.8, 4) is 0 Å². The molecule has 156 valence electrons. The fourth-order valence-electron chi connectivity index (χ4n) is 3.68. The van der Waals surface area contributed by atoms with Crippen LogP contribution in [0.4, 0.5) is 0 Å². The van der Waals surface area contributed by atoms with E-state index in [4.69, 9.17) is 5.73 Å². The number of nitrogens with two attached hydrogens (primary N) is 1. The third kappa shape index (κ3) is 5.20. The molecule has 5 nitrogen and oxygen atoms in total. The maximum atomic E-state index is 11.8. The molecule has 1 unspecified atom stereocenters. The van der Waals surface area contributed by atoms with Crippen molar-refractivity contribution < 1.29 is 4.79 Å². The van der Waals surface area contributed by atoms with E-state index in [0.717, 1.165) is 22.4 Å². The molecule has 0 saturated carbocycles. The predicted octanol–water partition coefficient (Wildman–Crippen LogP) is 4.96. The maximum absolute atomic E-state index is 11.8. The molecule has 0 bridgehead atoms.